The highest BCUT2D eigenvalue weighted by atomic mass is 19.1. The molecule has 3 rings (SSSR count). The summed E-state index contributed by atoms with van der Waals surface area (Å²) in [6.07, 6.45) is 2.78. The number of amides is 2. The van der Waals surface area contributed by atoms with Gasteiger partial charge in [0.05, 0.1) is 12.6 Å². The Kier molecular flexibility index (Phi) is 4.52. The molecule has 1 heterocycles. The van der Waals surface area contributed by atoms with Crippen LogP contribution in [0.15, 0.2) is 22.6 Å². The number of urea groups is 1. The molecule has 0 bridgehead atoms. The first-order chi connectivity index (χ1) is 11.0. The minimum Gasteiger partial charge on any atom is -0.459 e. The lowest BCUT2D eigenvalue weighted by atomic mass is 9.93. The van der Waals surface area contributed by atoms with Crippen molar-refractivity contribution in [3.8, 4) is 0 Å². The monoisotopic (exact) mass is 320 g/mol. The molecule has 1 aromatic carbocycles. The van der Waals surface area contributed by atoms with E-state index in [1.165, 1.54) is 12.1 Å². The number of aliphatic hydroxyl groups is 1. The van der Waals surface area contributed by atoms with Crippen LogP contribution in [0.5, 0.6) is 0 Å². The summed E-state index contributed by atoms with van der Waals surface area (Å²) in [5, 5.41) is 15.9. The molecule has 0 saturated heterocycles. The highest BCUT2D eigenvalue weighted by molar-refractivity contribution is 5.82. The number of furan rings is 1. The number of hydrogen-bond donors (Lipinski definition) is 3. The van der Waals surface area contributed by atoms with E-state index in [2.05, 4.69) is 10.6 Å². The molecule has 3 N–H and O–H groups in total. The Morgan fingerprint density at radius 1 is 1.35 bits per heavy atom. The van der Waals surface area contributed by atoms with E-state index in [0.29, 0.717) is 11.3 Å². The van der Waals surface area contributed by atoms with Gasteiger partial charge in [-0.15, -0.1) is 0 Å². The fraction of sp³-hybridized carbons (Fsp3) is 0.471. The maximum absolute atomic E-state index is 13.3. The Balaban J connectivity index is 1.57. The predicted molar refractivity (Wildman–Crippen MR) is 84.5 cm³/mol. The lowest BCUT2D eigenvalue weighted by Crippen LogP contribution is -2.43. The summed E-state index contributed by atoms with van der Waals surface area (Å²) in [6, 6.07) is 4.23. The summed E-state index contributed by atoms with van der Waals surface area (Å²) < 4.78 is 19.0. The zero-order valence-corrected chi connectivity index (χ0v) is 13.1. The van der Waals surface area contributed by atoms with Gasteiger partial charge in [-0.1, -0.05) is 0 Å². The maximum Gasteiger partial charge on any atom is 0.315 e. The van der Waals surface area contributed by atoms with Crippen LogP contribution >= 0.6 is 0 Å². The molecular formula is C17H21FN2O3. The lowest BCUT2D eigenvalue weighted by molar-refractivity contribution is 0.117. The second kappa shape index (κ2) is 6.58. The normalized spacial score (nSPS) is 21.3. The standard InChI is InChI=1S/C17H21FN2O3/c1-10-14-8-11(18)2-7-15(14)23-16(10)9-19-17(22)20-12-3-5-13(21)6-4-12/h2,7-8,12-13,21H,3-6,9H2,1H3,(H2,19,20,22). The van der Waals surface area contributed by atoms with Crippen molar-refractivity contribution < 1.29 is 18.7 Å². The van der Waals surface area contributed by atoms with E-state index in [1.54, 1.807) is 6.07 Å². The van der Waals surface area contributed by atoms with Gasteiger partial charge >= 0.3 is 6.03 Å². The molecular weight excluding hydrogens is 299 g/mol. The molecule has 23 heavy (non-hydrogen) atoms. The molecule has 6 heteroatoms. The zero-order valence-electron chi connectivity index (χ0n) is 13.1. The van der Waals surface area contributed by atoms with Gasteiger partial charge in [0.1, 0.15) is 17.2 Å². The number of rotatable bonds is 3. The summed E-state index contributed by atoms with van der Waals surface area (Å²) in [5.74, 6) is 0.318. The van der Waals surface area contributed by atoms with Gasteiger partial charge in [-0.3, -0.25) is 0 Å². The average Bonchev–Trinajstić information content (AvgIpc) is 2.84. The van der Waals surface area contributed by atoms with Crippen molar-refractivity contribution >= 4 is 17.0 Å². The van der Waals surface area contributed by atoms with Crippen molar-refractivity contribution in [3.63, 3.8) is 0 Å². The van der Waals surface area contributed by atoms with E-state index in [9.17, 15) is 14.3 Å². The van der Waals surface area contributed by atoms with E-state index in [4.69, 9.17) is 4.42 Å². The van der Waals surface area contributed by atoms with Crippen molar-refractivity contribution in [1.82, 2.24) is 10.6 Å². The number of hydrogen-bond acceptors (Lipinski definition) is 3. The third-order valence-electron chi connectivity index (χ3n) is 4.44. The maximum atomic E-state index is 13.3. The Morgan fingerprint density at radius 2 is 2.09 bits per heavy atom. The number of nitrogens with one attached hydrogen (secondary N) is 2. The van der Waals surface area contributed by atoms with Crippen molar-refractivity contribution in [2.24, 2.45) is 0 Å². The molecule has 2 amide bonds. The number of fused-ring (bicyclic) bond motifs is 1. The largest absolute Gasteiger partial charge is 0.459 e. The summed E-state index contributed by atoms with van der Waals surface area (Å²) >= 11 is 0. The second-order valence-electron chi connectivity index (χ2n) is 6.12. The van der Waals surface area contributed by atoms with Crippen molar-refractivity contribution in [2.45, 2.75) is 51.3 Å². The molecule has 5 nitrogen and oxygen atoms in total. The molecule has 1 aromatic heterocycles. The fourth-order valence-electron chi connectivity index (χ4n) is 3.03. The third-order valence-corrected chi connectivity index (χ3v) is 4.44. The van der Waals surface area contributed by atoms with E-state index in [1.807, 2.05) is 6.92 Å². The van der Waals surface area contributed by atoms with Gasteiger partial charge in [0, 0.05) is 17.0 Å². The quantitative estimate of drug-likeness (QED) is 0.814. The van der Waals surface area contributed by atoms with Gasteiger partial charge in [0.2, 0.25) is 0 Å². The average molecular weight is 320 g/mol. The topological polar surface area (TPSA) is 74.5 Å². The molecule has 1 saturated carbocycles. The van der Waals surface area contributed by atoms with Gasteiger partial charge in [-0.25, -0.2) is 9.18 Å². The number of halogens is 1. The van der Waals surface area contributed by atoms with Crippen LogP contribution < -0.4 is 10.6 Å². The summed E-state index contributed by atoms with van der Waals surface area (Å²) in [5.41, 5.74) is 1.45. The molecule has 2 aromatic rings. The molecule has 1 fully saturated rings. The first-order valence-corrected chi connectivity index (χ1v) is 7.93. The van der Waals surface area contributed by atoms with E-state index < -0.39 is 0 Å². The Hall–Kier alpha value is -2.08. The van der Waals surface area contributed by atoms with Gasteiger partial charge < -0.3 is 20.2 Å². The number of aryl methyl sites for hydroxylation is 1. The zero-order chi connectivity index (χ0) is 16.4. The lowest BCUT2D eigenvalue weighted by Gasteiger charge is -2.26. The van der Waals surface area contributed by atoms with Crippen LogP contribution in [0, 0.1) is 12.7 Å². The highest BCUT2D eigenvalue weighted by Gasteiger charge is 2.21. The third kappa shape index (κ3) is 3.64. The van der Waals surface area contributed by atoms with Crippen molar-refractivity contribution in [1.29, 1.82) is 0 Å². The molecule has 0 spiro atoms. The molecule has 124 valence electrons. The van der Waals surface area contributed by atoms with Gasteiger partial charge in [0.15, 0.2) is 0 Å². The molecule has 1 aliphatic rings. The first-order valence-electron chi connectivity index (χ1n) is 7.93. The van der Waals surface area contributed by atoms with E-state index >= 15 is 0 Å². The van der Waals surface area contributed by atoms with Crippen molar-refractivity contribution in [3.05, 3.63) is 35.3 Å². The summed E-state index contributed by atoms with van der Waals surface area (Å²) in [7, 11) is 0. The van der Waals surface area contributed by atoms with Gasteiger partial charge in [-0.05, 0) is 50.8 Å². The van der Waals surface area contributed by atoms with Crippen molar-refractivity contribution in [2.75, 3.05) is 0 Å². The van der Waals surface area contributed by atoms with E-state index in [0.717, 1.165) is 36.6 Å². The Morgan fingerprint density at radius 3 is 2.83 bits per heavy atom. The number of carbonyl (C=O) groups is 1. The number of benzene rings is 1. The van der Waals surface area contributed by atoms with Crippen LogP contribution in [-0.2, 0) is 6.54 Å². The molecule has 0 unspecified atom stereocenters. The minimum absolute atomic E-state index is 0.101. The van der Waals surface area contributed by atoms with Crippen LogP contribution in [0.3, 0.4) is 0 Å². The van der Waals surface area contributed by atoms with Crippen LogP contribution in [-0.4, -0.2) is 23.3 Å². The molecule has 1 aliphatic carbocycles. The molecule has 0 aliphatic heterocycles. The molecule has 0 radical (unpaired) electrons. The highest BCUT2D eigenvalue weighted by Crippen LogP contribution is 2.25. The summed E-state index contributed by atoms with van der Waals surface area (Å²) in [6.45, 7) is 2.10. The van der Waals surface area contributed by atoms with E-state index in [-0.39, 0.29) is 30.5 Å². The number of carbonyl (C=O) groups excluding carboxylic acids is 1. The first kappa shape index (κ1) is 15.8. The fourth-order valence-corrected chi connectivity index (χ4v) is 3.03. The van der Waals surface area contributed by atoms with Crippen LogP contribution in [0.4, 0.5) is 9.18 Å². The smallest absolute Gasteiger partial charge is 0.315 e. The Bertz CT molecular complexity index is 705. The van der Waals surface area contributed by atoms with Gasteiger partial charge in [-0.2, -0.15) is 0 Å². The van der Waals surface area contributed by atoms with Crippen LogP contribution in [0.25, 0.3) is 11.0 Å². The minimum atomic E-state index is -0.307. The van der Waals surface area contributed by atoms with Crippen LogP contribution in [0.1, 0.15) is 37.0 Å². The van der Waals surface area contributed by atoms with Gasteiger partial charge in [0.25, 0.3) is 0 Å². The van der Waals surface area contributed by atoms with Crippen LogP contribution in [0.2, 0.25) is 0 Å². The molecule has 0 atom stereocenters. The summed E-state index contributed by atoms with van der Waals surface area (Å²) in [4.78, 5) is 12.0. The second-order valence-corrected chi connectivity index (χ2v) is 6.12. The Labute approximate surface area is 133 Å². The predicted octanol–water partition coefficient (Wildman–Crippen LogP) is 2.98. The number of aliphatic hydroxyl groups excluding tert-OH is 1. The SMILES string of the molecule is Cc1c(CNC(=O)NC2CCC(O)CC2)oc2ccc(F)cc12.